The lowest BCUT2D eigenvalue weighted by atomic mass is 9.95. The fourth-order valence-corrected chi connectivity index (χ4v) is 5.52. The number of anilines is 2. The molecule has 9 heteroatoms. The van der Waals surface area contributed by atoms with Crippen LogP contribution in [0.15, 0.2) is 36.8 Å². The zero-order valence-corrected chi connectivity index (χ0v) is 21.7. The van der Waals surface area contributed by atoms with Gasteiger partial charge in [-0.15, -0.1) is 0 Å². The van der Waals surface area contributed by atoms with Crippen LogP contribution in [0.4, 0.5) is 16.6 Å². The standard InChI is InChI=1S/C28H33N7O2/c1-28(2,3)37-27(36)34-14-12-22-18(17-34)9-10-24(31-22)32-26-30-15-21-20-11-13-29-16-23(20)35(25(21)33-26)19-7-5-4-6-8-19/h9-11,13,15-16,19H,4-8,12,14,17H2,1-3H3,(H,30,31,32,33). The first kappa shape index (κ1) is 23.6. The van der Waals surface area contributed by atoms with Crippen LogP contribution in [0, 0.1) is 0 Å². The Morgan fingerprint density at radius 2 is 1.89 bits per heavy atom. The lowest BCUT2D eigenvalue weighted by Gasteiger charge is -2.30. The molecule has 0 atom stereocenters. The minimum Gasteiger partial charge on any atom is -0.444 e. The molecule has 0 radical (unpaired) electrons. The van der Waals surface area contributed by atoms with E-state index in [0.29, 0.717) is 37.3 Å². The van der Waals surface area contributed by atoms with E-state index in [1.165, 1.54) is 19.3 Å². The van der Waals surface area contributed by atoms with Crippen molar-refractivity contribution in [2.45, 2.75) is 77.5 Å². The fourth-order valence-electron chi connectivity index (χ4n) is 5.52. The van der Waals surface area contributed by atoms with Crippen molar-refractivity contribution in [2.24, 2.45) is 0 Å². The maximum Gasteiger partial charge on any atom is 0.410 e. The van der Waals surface area contributed by atoms with Gasteiger partial charge in [0.1, 0.15) is 17.1 Å². The first-order valence-corrected chi connectivity index (χ1v) is 13.2. The average Bonchev–Trinajstić information content (AvgIpc) is 3.21. The van der Waals surface area contributed by atoms with E-state index >= 15 is 0 Å². The molecule has 6 rings (SSSR count). The van der Waals surface area contributed by atoms with Gasteiger partial charge in [0, 0.05) is 47.9 Å². The fraction of sp³-hybridized carbons (Fsp3) is 0.464. The monoisotopic (exact) mass is 499 g/mol. The number of hydrogen-bond donors (Lipinski definition) is 1. The Labute approximate surface area is 216 Å². The van der Waals surface area contributed by atoms with E-state index in [2.05, 4.69) is 25.9 Å². The van der Waals surface area contributed by atoms with Crippen molar-refractivity contribution >= 4 is 39.8 Å². The molecular weight excluding hydrogens is 466 g/mol. The minimum absolute atomic E-state index is 0.286. The van der Waals surface area contributed by atoms with Gasteiger partial charge in [-0.2, -0.15) is 4.98 Å². The molecule has 1 aliphatic heterocycles. The third-order valence-corrected chi connectivity index (χ3v) is 7.23. The second-order valence-electron chi connectivity index (χ2n) is 11.1. The smallest absolute Gasteiger partial charge is 0.410 e. The summed E-state index contributed by atoms with van der Waals surface area (Å²) in [6.45, 7) is 6.72. The molecule has 4 aromatic rings. The van der Waals surface area contributed by atoms with Crippen LogP contribution < -0.4 is 5.32 Å². The molecule has 0 spiro atoms. The molecule has 192 valence electrons. The number of nitrogens with one attached hydrogen (secondary N) is 1. The topological polar surface area (TPSA) is 98.1 Å². The zero-order valence-electron chi connectivity index (χ0n) is 21.7. The van der Waals surface area contributed by atoms with E-state index in [-0.39, 0.29) is 6.09 Å². The van der Waals surface area contributed by atoms with E-state index in [4.69, 9.17) is 14.7 Å². The molecule has 1 aliphatic carbocycles. The quantitative estimate of drug-likeness (QED) is 0.374. The lowest BCUT2D eigenvalue weighted by Crippen LogP contribution is -2.40. The summed E-state index contributed by atoms with van der Waals surface area (Å²) in [6.07, 6.45) is 12.2. The highest BCUT2D eigenvalue weighted by Crippen LogP contribution is 2.36. The number of amides is 1. The maximum atomic E-state index is 12.5. The number of rotatable bonds is 3. The number of fused-ring (bicyclic) bond motifs is 4. The summed E-state index contributed by atoms with van der Waals surface area (Å²) in [5, 5.41) is 5.51. The molecule has 9 nitrogen and oxygen atoms in total. The van der Waals surface area contributed by atoms with Gasteiger partial charge in [0.05, 0.1) is 18.3 Å². The third-order valence-electron chi connectivity index (χ3n) is 7.23. The highest BCUT2D eigenvalue weighted by Gasteiger charge is 2.27. The van der Waals surface area contributed by atoms with Crippen LogP contribution in [0.5, 0.6) is 0 Å². The Hall–Kier alpha value is -3.75. The highest BCUT2D eigenvalue weighted by atomic mass is 16.6. The first-order chi connectivity index (χ1) is 17.9. The van der Waals surface area contributed by atoms with E-state index in [1.807, 2.05) is 51.5 Å². The second kappa shape index (κ2) is 9.28. The number of carbonyl (C=O) groups excluding carboxylic acids is 1. The largest absolute Gasteiger partial charge is 0.444 e. The molecule has 0 bridgehead atoms. The first-order valence-electron chi connectivity index (χ1n) is 13.2. The van der Waals surface area contributed by atoms with Gasteiger partial charge in [-0.1, -0.05) is 25.3 Å². The Kier molecular flexibility index (Phi) is 5.93. The molecule has 1 fully saturated rings. The predicted octanol–water partition coefficient (Wildman–Crippen LogP) is 5.92. The van der Waals surface area contributed by atoms with Crippen molar-refractivity contribution in [1.29, 1.82) is 0 Å². The number of ether oxygens (including phenoxy) is 1. The zero-order chi connectivity index (χ0) is 25.6. The van der Waals surface area contributed by atoms with Gasteiger partial charge in [-0.25, -0.2) is 14.8 Å². The molecule has 0 unspecified atom stereocenters. The Morgan fingerprint density at radius 3 is 2.70 bits per heavy atom. The number of pyridine rings is 2. The van der Waals surface area contributed by atoms with Gasteiger partial charge in [0.2, 0.25) is 5.95 Å². The van der Waals surface area contributed by atoms with Crippen molar-refractivity contribution in [1.82, 2.24) is 29.4 Å². The molecule has 1 saturated carbocycles. The van der Waals surface area contributed by atoms with Crippen molar-refractivity contribution in [2.75, 3.05) is 11.9 Å². The highest BCUT2D eigenvalue weighted by molar-refractivity contribution is 6.06. The Bertz CT molecular complexity index is 1470. The van der Waals surface area contributed by atoms with Crippen LogP contribution in [0.2, 0.25) is 0 Å². The number of nitrogens with zero attached hydrogens (tertiary/aromatic N) is 6. The average molecular weight is 500 g/mol. The van der Waals surface area contributed by atoms with Crippen LogP contribution in [-0.2, 0) is 17.7 Å². The third kappa shape index (κ3) is 4.70. The van der Waals surface area contributed by atoms with Crippen LogP contribution in [0.3, 0.4) is 0 Å². The van der Waals surface area contributed by atoms with Gasteiger partial charge < -0.3 is 19.5 Å². The summed E-state index contributed by atoms with van der Waals surface area (Å²) in [4.78, 5) is 33.0. The van der Waals surface area contributed by atoms with Crippen molar-refractivity contribution < 1.29 is 9.53 Å². The lowest BCUT2D eigenvalue weighted by molar-refractivity contribution is 0.0223. The second-order valence-corrected chi connectivity index (χ2v) is 11.1. The molecule has 5 heterocycles. The van der Waals surface area contributed by atoms with Crippen LogP contribution in [0.25, 0.3) is 21.9 Å². The minimum atomic E-state index is -0.510. The van der Waals surface area contributed by atoms with E-state index in [0.717, 1.165) is 46.0 Å². The molecular formula is C28H33N7O2. The van der Waals surface area contributed by atoms with E-state index < -0.39 is 5.60 Å². The van der Waals surface area contributed by atoms with E-state index in [1.54, 1.807) is 4.90 Å². The molecule has 2 aliphatic rings. The Balaban J connectivity index is 1.27. The molecule has 0 saturated heterocycles. The van der Waals surface area contributed by atoms with Crippen LogP contribution >= 0.6 is 0 Å². The summed E-state index contributed by atoms with van der Waals surface area (Å²) in [7, 11) is 0. The van der Waals surface area contributed by atoms with Crippen molar-refractivity contribution in [3.63, 3.8) is 0 Å². The summed E-state index contributed by atoms with van der Waals surface area (Å²) < 4.78 is 7.91. The van der Waals surface area contributed by atoms with Gasteiger partial charge >= 0.3 is 6.09 Å². The molecule has 0 aromatic carbocycles. The summed E-state index contributed by atoms with van der Waals surface area (Å²) in [5.74, 6) is 1.23. The van der Waals surface area contributed by atoms with Gasteiger partial charge in [-0.3, -0.25) is 4.98 Å². The van der Waals surface area contributed by atoms with Gasteiger partial charge in [0.25, 0.3) is 0 Å². The SMILES string of the molecule is CC(C)(C)OC(=O)N1CCc2nc(Nc3ncc4c5ccncc5n(C5CCCCC5)c4n3)ccc2C1. The van der Waals surface area contributed by atoms with Gasteiger partial charge in [0.15, 0.2) is 0 Å². The number of hydrogen-bond acceptors (Lipinski definition) is 7. The maximum absolute atomic E-state index is 12.5. The number of aromatic nitrogens is 5. The molecule has 1 N–H and O–H groups in total. The summed E-state index contributed by atoms with van der Waals surface area (Å²) >= 11 is 0. The van der Waals surface area contributed by atoms with Crippen LogP contribution in [-0.4, -0.2) is 47.6 Å². The predicted molar refractivity (Wildman–Crippen MR) is 143 cm³/mol. The Morgan fingerprint density at radius 1 is 1.05 bits per heavy atom. The van der Waals surface area contributed by atoms with Crippen molar-refractivity contribution in [3.8, 4) is 0 Å². The van der Waals surface area contributed by atoms with Crippen molar-refractivity contribution in [3.05, 3.63) is 48.0 Å². The van der Waals surface area contributed by atoms with E-state index in [9.17, 15) is 4.79 Å². The number of carbonyl (C=O) groups is 1. The van der Waals surface area contributed by atoms with Crippen LogP contribution in [0.1, 0.15) is 70.2 Å². The summed E-state index contributed by atoms with van der Waals surface area (Å²) in [6, 6.07) is 6.42. The molecule has 1 amide bonds. The summed E-state index contributed by atoms with van der Waals surface area (Å²) in [5.41, 5.74) is 3.57. The molecule has 4 aromatic heterocycles. The normalized spacial score (nSPS) is 16.7. The van der Waals surface area contributed by atoms with Gasteiger partial charge in [-0.05, 0) is 51.3 Å². The molecule has 37 heavy (non-hydrogen) atoms.